The zero-order valence-corrected chi connectivity index (χ0v) is 13.8. The second kappa shape index (κ2) is 5.48. The number of rotatable bonds is 2. The molecule has 0 atom stereocenters. The molecule has 0 aliphatic carbocycles. The molecule has 3 rings (SSSR count). The first-order valence-electron chi connectivity index (χ1n) is 6.41. The second-order valence-corrected chi connectivity index (χ2v) is 6.11. The summed E-state index contributed by atoms with van der Waals surface area (Å²) < 4.78 is 1.76. The molecule has 0 radical (unpaired) electrons. The highest BCUT2D eigenvalue weighted by atomic mass is 35.5. The molecule has 0 fully saturated rings. The largest absolute Gasteiger partial charge is 0.231 e. The van der Waals surface area contributed by atoms with Crippen LogP contribution in [0.25, 0.3) is 5.65 Å². The number of fused-ring (bicyclic) bond motifs is 1. The first-order chi connectivity index (χ1) is 9.97. The van der Waals surface area contributed by atoms with Gasteiger partial charge in [0, 0.05) is 16.5 Å². The first-order valence-corrected chi connectivity index (χ1v) is 7.55. The molecule has 3 nitrogen and oxygen atoms in total. The molecular formula is C15H12Cl3N3. The third-order valence-electron chi connectivity index (χ3n) is 3.47. The second-order valence-electron chi connectivity index (χ2n) is 4.91. The Bertz CT molecular complexity index is 820. The fourth-order valence-corrected chi connectivity index (χ4v) is 3.09. The van der Waals surface area contributed by atoms with Crippen molar-refractivity contribution >= 4 is 40.4 Å². The van der Waals surface area contributed by atoms with Gasteiger partial charge in [-0.25, -0.2) is 9.50 Å². The molecule has 0 spiro atoms. The average Bonchev–Trinajstić information content (AvgIpc) is 2.72. The van der Waals surface area contributed by atoms with E-state index in [1.807, 2.05) is 32.0 Å². The fourth-order valence-electron chi connectivity index (χ4n) is 2.32. The van der Waals surface area contributed by atoms with Gasteiger partial charge in [0.1, 0.15) is 5.15 Å². The Morgan fingerprint density at radius 2 is 1.76 bits per heavy atom. The SMILES string of the molecule is Cc1cc(Cl)nn2c(C)c(Cc3c(Cl)cccc3Cl)nc12. The fraction of sp³-hybridized carbons (Fsp3) is 0.200. The van der Waals surface area contributed by atoms with Crippen LogP contribution in [0.1, 0.15) is 22.5 Å². The zero-order chi connectivity index (χ0) is 15.1. The van der Waals surface area contributed by atoms with Crippen molar-refractivity contribution in [2.24, 2.45) is 0 Å². The van der Waals surface area contributed by atoms with E-state index in [0.717, 1.165) is 28.2 Å². The van der Waals surface area contributed by atoms with E-state index in [1.54, 1.807) is 10.6 Å². The van der Waals surface area contributed by atoms with Gasteiger partial charge in [0.05, 0.1) is 11.4 Å². The molecule has 3 aromatic rings. The maximum atomic E-state index is 6.23. The van der Waals surface area contributed by atoms with Crippen LogP contribution in [0.15, 0.2) is 24.3 Å². The van der Waals surface area contributed by atoms with Gasteiger partial charge in [-0.15, -0.1) is 0 Å². The maximum Gasteiger partial charge on any atom is 0.157 e. The highest BCUT2D eigenvalue weighted by Gasteiger charge is 2.15. The number of hydrogen-bond donors (Lipinski definition) is 0. The third-order valence-corrected chi connectivity index (χ3v) is 4.36. The lowest BCUT2D eigenvalue weighted by Crippen LogP contribution is -1.97. The number of benzene rings is 1. The Hall–Kier alpha value is -1.29. The zero-order valence-electron chi connectivity index (χ0n) is 11.5. The van der Waals surface area contributed by atoms with E-state index < -0.39 is 0 Å². The van der Waals surface area contributed by atoms with Crippen LogP contribution < -0.4 is 0 Å². The molecule has 0 unspecified atom stereocenters. The van der Waals surface area contributed by atoms with Gasteiger partial charge in [0.2, 0.25) is 0 Å². The molecule has 6 heteroatoms. The predicted molar refractivity (Wildman–Crippen MR) is 86.7 cm³/mol. The summed E-state index contributed by atoms with van der Waals surface area (Å²) in [4.78, 5) is 4.65. The van der Waals surface area contributed by atoms with Crippen LogP contribution in [0.5, 0.6) is 0 Å². The Morgan fingerprint density at radius 1 is 1.10 bits per heavy atom. The molecule has 108 valence electrons. The summed E-state index contributed by atoms with van der Waals surface area (Å²) in [5.41, 5.74) is 4.48. The van der Waals surface area contributed by atoms with E-state index in [2.05, 4.69) is 10.1 Å². The minimum Gasteiger partial charge on any atom is -0.231 e. The van der Waals surface area contributed by atoms with Crippen molar-refractivity contribution in [1.29, 1.82) is 0 Å². The number of imidazole rings is 1. The van der Waals surface area contributed by atoms with Crippen molar-refractivity contribution < 1.29 is 0 Å². The Labute approximate surface area is 137 Å². The van der Waals surface area contributed by atoms with Gasteiger partial charge in [0.25, 0.3) is 0 Å². The van der Waals surface area contributed by atoms with Gasteiger partial charge in [-0.2, -0.15) is 5.10 Å². The summed E-state index contributed by atoms with van der Waals surface area (Å²) in [6.45, 7) is 3.92. The molecular weight excluding hydrogens is 329 g/mol. The number of nitrogens with zero attached hydrogens (tertiary/aromatic N) is 3. The lowest BCUT2D eigenvalue weighted by molar-refractivity contribution is 0.886. The third kappa shape index (κ3) is 2.61. The minimum absolute atomic E-state index is 0.447. The first kappa shape index (κ1) is 14.6. The molecule has 0 bridgehead atoms. The van der Waals surface area contributed by atoms with Crippen LogP contribution in [-0.4, -0.2) is 14.6 Å². The van der Waals surface area contributed by atoms with Crippen LogP contribution in [0.4, 0.5) is 0 Å². The van der Waals surface area contributed by atoms with Crippen molar-refractivity contribution in [2.75, 3.05) is 0 Å². The van der Waals surface area contributed by atoms with E-state index in [1.165, 1.54) is 0 Å². The van der Waals surface area contributed by atoms with Crippen molar-refractivity contribution in [3.63, 3.8) is 0 Å². The van der Waals surface area contributed by atoms with E-state index in [0.29, 0.717) is 21.6 Å². The lowest BCUT2D eigenvalue weighted by Gasteiger charge is -2.05. The number of halogens is 3. The van der Waals surface area contributed by atoms with Crippen LogP contribution in [-0.2, 0) is 6.42 Å². The monoisotopic (exact) mass is 339 g/mol. The number of aromatic nitrogens is 3. The molecule has 0 amide bonds. The topological polar surface area (TPSA) is 30.2 Å². The summed E-state index contributed by atoms with van der Waals surface area (Å²) in [6.07, 6.45) is 0.560. The summed E-state index contributed by atoms with van der Waals surface area (Å²) in [7, 11) is 0. The van der Waals surface area contributed by atoms with Crippen molar-refractivity contribution in [3.05, 3.63) is 62.0 Å². The molecule has 0 N–H and O–H groups in total. The highest BCUT2D eigenvalue weighted by Crippen LogP contribution is 2.28. The van der Waals surface area contributed by atoms with E-state index >= 15 is 0 Å². The van der Waals surface area contributed by atoms with Gasteiger partial charge >= 0.3 is 0 Å². The average molecular weight is 341 g/mol. The van der Waals surface area contributed by atoms with Crippen LogP contribution in [0.3, 0.4) is 0 Å². The van der Waals surface area contributed by atoms with E-state index in [9.17, 15) is 0 Å². The number of aryl methyl sites for hydroxylation is 2. The highest BCUT2D eigenvalue weighted by molar-refractivity contribution is 6.36. The standard InChI is InChI=1S/C15H12Cl3N3/c1-8-6-14(18)20-21-9(2)13(19-15(8)21)7-10-11(16)4-3-5-12(10)17/h3-6H,7H2,1-2H3. The molecule has 2 aromatic heterocycles. The molecule has 0 saturated heterocycles. The summed E-state index contributed by atoms with van der Waals surface area (Å²) in [5, 5.41) is 6.02. The van der Waals surface area contributed by atoms with E-state index in [-0.39, 0.29) is 0 Å². The Morgan fingerprint density at radius 3 is 2.43 bits per heavy atom. The van der Waals surface area contributed by atoms with E-state index in [4.69, 9.17) is 34.8 Å². The maximum absolute atomic E-state index is 6.23. The molecule has 0 aliphatic heterocycles. The smallest absolute Gasteiger partial charge is 0.157 e. The van der Waals surface area contributed by atoms with Crippen LogP contribution >= 0.6 is 34.8 Å². The molecule has 21 heavy (non-hydrogen) atoms. The Kier molecular flexibility index (Phi) is 3.82. The van der Waals surface area contributed by atoms with Gasteiger partial charge in [-0.05, 0) is 43.2 Å². The molecule has 1 aromatic carbocycles. The molecule has 2 heterocycles. The van der Waals surface area contributed by atoms with Crippen molar-refractivity contribution in [3.8, 4) is 0 Å². The summed E-state index contributed by atoms with van der Waals surface area (Å²) in [5.74, 6) is 0. The number of hydrogen-bond acceptors (Lipinski definition) is 2. The normalized spacial score (nSPS) is 11.3. The quantitative estimate of drug-likeness (QED) is 0.664. The van der Waals surface area contributed by atoms with Gasteiger partial charge in [-0.1, -0.05) is 40.9 Å². The van der Waals surface area contributed by atoms with Gasteiger partial charge in [-0.3, -0.25) is 0 Å². The molecule has 0 saturated carbocycles. The summed E-state index contributed by atoms with van der Waals surface area (Å²) >= 11 is 18.5. The van der Waals surface area contributed by atoms with Gasteiger partial charge in [0.15, 0.2) is 5.65 Å². The van der Waals surface area contributed by atoms with Crippen LogP contribution in [0, 0.1) is 13.8 Å². The van der Waals surface area contributed by atoms with Crippen molar-refractivity contribution in [2.45, 2.75) is 20.3 Å². The predicted octanol–water partition coefficient (Wildman–Crippen LogP) is 4.90. The minimum atomic E-state index is 0.447. The Balaban J connectivity index is 2.14. The van der Waals surface area contributed by atoms with Crippen molar-refractivity contribution in [1.82, 2.24) is 14.6 Å². The van der Waals surface area contributed by atoms with Gasteiger partial charge < -0.3 is 0 Å². The molecule has 0 aliphatic rings. The van der Waals surface area contributed by atoms with Crippen LogP contribution in [0.2, 0.25) is 15.2 Å². The lowest BCUT2D eigenvalue weighted by atomic mass is 10.1. The summed E-state index contributed by atoms with van der Waals surface area (Å²) in [6, 6.07) is 7.29.